The topological polar surface area (TPSA) is 85.9 Å². The molecule has 0 unspecified atom stereocenters. The predicted octanol–water partition coefficient (Wildman–Crippen LogP) is 0.255. The van der Waals surface area contributed by atoms with Crippen LogP contribution in [0.3, 0.4) is 0 Å². The van der Waals surface area contributed by atoms with Crippen molar-refractivity contribution in [3.05, 3.63) is 11.0 Å². The summed E-state index contributed by atoms with van der Waals surface area (Å²) in [6.45, 7) is 0. The Morgan fingerprint density at radius 1 is 1.46 bits per heavy atom. The second-order valence-corrected chi connectivity index (χ2v) is 4.54. The Morgan fingerprint density at radius 3 is 2.38 bits per heavy atom. The third-order valence-electron chi connectivity index (χ3n) is 1.15. The van der Waals surface area contributed by atoms with Gasteiger partial charge >= 0.3 is 0 Å². The summed E-state index contributed by atoms with van der Waals surface area (Å²) < 4.78 is 34.5. The Bertz CT molecular complexity index is 424. The molecule has 2 N–H and O–H groups in total. The molecule has 1 rings (SSSR count). The first-order chi connectivity index (χ1) is 5.82. The molecule has 0 aliphatic rings. The van der Waals surface area contributed by atoms with Crippen LogP contribution in [0.25, 0.3) is 0 Å². The van der Waals surface area contributed by atoms with Crippen LogP contribution >= 0.6 is 11.6 Å². The Hall–Kier alpha value is -0.950. The van der Waals surface area contributed by atoms with Crippen molar-refractivity contribution in [2.75, 3.05) is 12.0 Å². The van der Waals surface area contributed by atoms with Crippen molar-refractivity contribution < 1.29 is 12.8 Å². The van der Waals surface area contributed by atoms with Crippen molar-refractivity contribution in [1.82, 2.24) is 9.97 Å². The molecule has 1 aromatic rings. The number of hydrogen-bond acceptors (Lipinski definition) is 5. The van der Waals surface area contributed by atoms with Crippen molar-refractivity contribution in [2.24, 2.45) is 0 Å². The lowest BCUT2D eigenvalue weighted by Crippen LogP contribution is -2.08. The zero-order chi connectivity index (χ0) is 10.2. The molecule has 13 heavy (non-hydrogen) atoms. The second kappa shape index (κ2) is 3.08. The Balaban J connectivity index is 3.47. The van der Waals surface area contributed by atoms with E-state index < -0.39 is 31.8 Å². The lowest BCUT2D eigenvalue weighted by Gasteiger charge is -2.00. The summed E-state index contributed by atoms with van der Waals surface area (Å²) in [7, 11) is -3.62. The lowest BCUT2D eigenvalue weighted by atomic mass is 10.6. The minimum Gasteiger partial charge on any atom is -0.381 e. The molecule has 0 fully saturated rings. The number of rotatable bonds is 1. The van der Waals surface area contributed by atoms with Crippen molar-refractivity contribution in [3.8, 4) is 0 Å². The molecule has 1 heterocycles. The highest BCUT2D eigenvalue weighted by Gasteiger charge is 2.16. The number of halogens is 2. The van der Waals surface area contributed by atoms with E-state index in [2.05, 4.69) is 9.97 Å². The van der Waals surface area contributed by atoms with Crippen LogP contribution in [-0.4, -0.2) is 24.6 Å². The molecule has 0 aliphatic carbocycles. The van der Waals surface area contributed by atoms with Crippen LogP contribution in [0.2, 0.25) is 5.15 Å². The average molecular weight is 226 g/mol. The van der Waals surface area contributed by atoms with Crippen LogP contribution < -0.4 is 5.73 Å². The summed E-state index contributed by atoms with van der Waals surface area (Å²) >= 11 is 5.25. The van der Waals surface area contributed by atoms with Gasteiger partial charge in [0.25, 0.3) is 0 Å². The molecule has 8 heteroatoms. The van der Waals surface area contributed by atoms with Gasteiger partial charge in [-0.05, 0) is 0 Å². The molecule has 0 bridgehead atoms. The van der Waals surface area contributed by atoms with Crippen LogP contribution in [0, 0.1) is 5.82 Å². The van der Waals surface area contributed by atoms with Crippen LogP contribution in [0.4, 0.5) is 10.2 Å². The van der Waals surface area contributed by atoms with Crippen molar-refractivity contribution in [3.63, 3.8) is 0 Å². The summed E-state index contributed by atoms with van der Waals surface area (Å²) in [5, 5.41) is -1.19. The van der Waals surface area contributed by atoms with E-state index in [9.17, 15) is 12.8 Å². The van der Waals surface area contributed by atoms with E-state index in [1.807, 2.05) is 0 Å². The fourth-order valence-electron chi connectivity index (χ4n) is 0.582. The van der Waals surface area contributed by atoms with E-state index in [1.165, 1.54) is 0 Å². The molecule has 0 spiro atoms. The van der Waals surface area contributed by atoms with Crippen LogP contribution in [-0.2, 0) is 9.84 Å². The van der Waals surface area contributed by atoms with Gasteiger partial charge in [0.2, 0.25) is 20.8 Å². The number of nitrogens with zero attached hydrogens (tertiary/aromatic N) is 2. The van der Waals surface area contributed by atoms with E-state index in [4.69, 9.17) is 17.3 Å². The smallest absolute Gasteiger partial charge is 0.250 e. The maximum atomic E-state index is 12.7. The Labute approximate surface area is 78.7 Å². The Kier molecular flexibility index (Phi) is 2.40. The summed E-state index contributed by atoms with van der Waals surface area (Å²) in [5.41, 5.74) is 5.04. The SMILES string of the molecule is CS(=O)(=O)c1nc(N)c(F)c(Cl)n1. The van der Waals surface area contributed by atoms with Crippen LogP contribution in [0.5, 0.6) is 0 Å². The molecule has 1 aromatic heterocycles. The molecule has 72 valence electrons. The largest absolute Gasteiger partial charge is 0.381 e. The monoisotopic (exact) mass is 225 g/mol. The van der Waals surface area contributed by atoms with E-state index in [1.54, 1.807) is 0 Å². The molecule has 5 nitrogen and oxygen atoms in total. The average Bonchev–Trinajstić information content (AvgIpc) is 1.97. The van der Waals surface area contributed by atoms with E-state index in [0.717, 1.165) is 6.26 Å². The summed E-state index contributed by atoms with van der Waals surface area (Å²) in [6.07, 6.45) is 0.871. The van der Waals surface area contributed by atoms with Crippen LogP contribution in [0.15, 0.2) is 5.16 Å². The quantitative estimate of drug-likeness (QED) is 0.547. The second-order valence-electron chi connectivity index (χ2n) is 2.27. The molecule has 0 aliphatic heterocycles. The van der Waals surface area contributed by atoms with Gasteiger partial charge < -0.3 is 5.73 Å². The van der Waals surface area contributed by atoms with E-state index in [0.29, 0.717) is 0 Å². The zero-order valence-electron chi connectivity index (χ0n) is 6.45. The molecule has 0 atom stereocenters. The van der Waals surface area contributed by atoms with Crippen LogP contribution in [0.1, 0.15) is 0 Å². The zero-order valence-corrected chi connectivity index (χ0v) is 8.02. The predicted molar refractivity (Wildman–Crippen MR) is 44.5 cm³/mol. The highest BCUT2D eigenvalue weighted by atomic mass is 35.5. The minimum absolute atomic E-state index is 0.583. The van der Waals surface area contributed by atoms with Gasteiger partial charge in [-0.2, -0.15) is 9.37 Å². The highest BCUT2D eigenvalue weighted by molar-refractivity contribution is 7.90. The molecule has 0 saturated carbocycles. The first-order valence-corrected chi connectivity index (χ1v) is 5.28. The summed E-state index contributed by atoms with van der Waals surface area (Å²) in [5.74, 6) is -1.60. The van der Waals surface area contributed by atoms with Gasteiger partial charge in [0, 0.05) is 6.26 Å². The molecular weight excluding hydrogens is 221 g/mol. The van der Waals surface area contributed by atoms with Gasteiger partial charge in [-0.25, -0.2) is 13.4 Å². The lowest BCUT2D eigenvalue weighted by molar-refractivity contribution is 0.584. The highest BCUT2D eigenvalue weighted by Crippen LogP contribution is 2.17. The third kappa shape index (κ3) is 2.04. The van der Waals surface area contributed by atoms with Crippen molar-refractivity contribution in [1.29, 1.82) is 0 Å². The van der Waals surface area contributed by atoms with Crippen molar-refractivity contribution in [2.45, 2.75) is 5.16 Å². The molecular formula is C5H5ClFN3O2S. The van der Waals surface area contributed by atoms with E-state index in [-0.39, 0.29) is 0 Å². The first kappa shape index (κ1) is 10.1. The van der Waals surface area contributed by atoms with Gasteiger partial charge in [-0.1, -0.05) is 11.6 Å². The number of hydrogen-bond donors (Lipinski definition) is 1. The van der Waals surface area contributed by atoms with Crippen molar-refractivity contribution >= 4 is 27.3 Å². The number of aromatic nitrogens is 2. The minimum atomic E-state index is -3.62. The number of anilines is 1. The first-order valence-electron chi connectivity index (χ1n) is 3.01. The van der Waals surface area contributed by atoms with Gasteiger partial charge in [-0.15, -0.1) is 0 Å². The van der Waals surface area contributed by atoms with E-state index >= 15 is 0 Å². The van der Waals surface area contributed by atoms with Gasteiger partial charge in [0.15, 0.2) is 11.0 Å². The number of sulfone groups is 1. The maximum Gasteiger partial charge on any atom is 0.250 e. The maximum absolute atomic E-state index is 12.7. The summed E-state index contributed by atoms with van der Waals surface area (Å²) in [6, 6.07) is 0. The van der Waals surface area contributed by atoms with Gasteiger partial charge in [0.05, 0.1) is 0 Å². The molecule has 0 radical (unpaired) electrons. The molecule has 0 aromatic carbocycles. The van der Waals surface area contributed by atoms with Gasteiger partial charge in [0.1, 0.15) is 0 Å². The number of nitrogen functional groups attached to an aromatic ring is 1. The van der Waals surface area contributed by atoms with Gasteiger partial charge in [-0.3, -0.25) is 0 Å². The summed E-state index contributed by atoms with van der Waals surface area (Å²) in [4.78, 5) is 6.44. The number of nitrogens with two attached hydrogens (primary N) is 1. The molecule has 0 saturated heterocycles. The fraction of sp³-hybridized carbons (Fsp3) is 0.200. The third-order valence-corrected chi connectivity index (χ3v) is 2.24. The standard InChI is InChI=1S/C5H5ClFN3O2S/c1-13(11,12)5-9-3(6)2(7)4(8)10-5/h1H3,(H2,8,9,10). The normalized spacial score (nSPS) is 11.6. The fourth-order valence-corrected chi connectivity index (χ4v) is 1.33. The Morgan fingerprint density at radius 2 is 2.00 bits per heavy atom. The molecule has 0 amide bonds.